The summed E-state index contributed by atoms with van der Waals surface area (Å²) in [7, 11) is 0. The normalized spacial score (nSPS) is 11.2. The maximum Gasteiger partial charge on any atom is 3.00 e. The van der Waals surface area contributed by atoms with Crippen LogP contribution in [0.4, 0.5) is 0 Å². The monoisotopic (exact) mass is 204 g/mol. The molecule has 1 unspecified atom stereocenters. The SMILES string of the molecule is CC(C([NH-])=O)C(N)=O.[Y+3]. The van der Waals surface area contributed by atoms with Gasteiger partial charge in [-0.15, -0.1) is 0 Å². The molecule has 0 spiro atoms. The predicted octanol–water partition coefficient (Wildman–Crippen LogP) is -0.316. The van der Waals surface area contributed by atoms with Crippen LogP contribution in [0.3, 0.4) is 0 Å². The standard InChI is InChI=1S/C4H8N2O2.Y/c1-2(3(5)7)4(6)8;/h2H,1H3,(H4,5,6,7,8);/q;+3/p-1. The van der Waals surface area contributed by atoms with Gasteiger partial charge in [-0.05, 0) is 6.92 Å². The molecule has 0 radical (unpaired) electrons. The predicted molar refractivity (Wildman–Crippen MR) is 27.7 cm³/mol. The van der Waals surface area contributed by atoms with Crippen LogP contribution in [0, 0.1) is 5.92 Å². The largest absolute Gasteiger partial charge is 3.00 e. The summed E-state index contributed by atoms with van der Waals surface area (Å²) in [4.78, 5) is 20.0. The first kappa shape index (κ1) is 11.8. The van der Waals surface area contributed by atoms with Crippen LogP contribution in [0.2, 0.25) is 0 Å². The van der Waals surface area contributed by atoms with Crippen molar-refractivity contribution in [1.29, 1.82) is 0 Å². The van der Waals surface area contributed by atoms with Crippen molar-refractivity contribution in [3.05, 3.63) is 5.73 Å². The van der Waals surface area contributed by atoms with E-state index in [9.17, 15) is 9.59 Å². The maximum absolute atomic E-state index is 10.0. The van der Waals surface area contributed by atoms with Crippen molar-refractivity contribution in [1.82, 2.24) is 0 Å². The van der Waals surface area contributed by atoms with E-state index in [-0.39, 0.29) is 32.7 Å². The zero-order valence-electron chi connectivity index (χ0n) is 5.05. The molecule has 0 aliphatic rings. The van der Waals surface area contributed by atoms with Crippen molar-refractivity contribution >= 4 is 11.8 Å². The molecule has 0 heterocycles. The molecule has 0 fully saturated rings. The summed E-state index contributed by atoms with van der Waals surface area (Å²) in [5.41, 5.74) is 11.0. The number of primary amides is 1. The quantitative estimate of drug-likeness (QED) is 0.625. The Balaban J connectivity index is 0. The maximum atomic E-state index is 10.0. The smallest absolute Gasteiger partial charge is 0.667 e. The van der Waals surface area contributed by atoms with Crippen molar-refractivity contribution in [2.45, 2.75) is 6.92 Å². The molecular formula is C4H7N2O2Y+2. The minimum absolute atomic E-state index is 0. The fraction of sp³-hybridized carbons (Fsp3) is 0.500. The fourth-order valence-corrected chi connectivity index (χ4v) is 0.129. The molecule has 0 aliphatic carbocycles. The van der Waals surface area contributed by atoms with Gasteiger partial charge in [0, 0.05) is 0 Å². The van der Waals surface area contributed by atoms with E-state index >= 15 is 0 Å². The average Bonchev–Trinajstić information content (AvgIpc) is 1.64. The van der Waals surface area contributed by atoms with Crippen LogP contribution >= 0.6 is 0 Å². The van der Waals surface area contributed by atoms with Gasteiger partial charge in [-0.1, -0.05) is 0 Å². The van der Waals surface area contributed by atoms with Gasteiger partial charge >= 0.3 is 32.7 Å². The van der Waals surface area contributed by atoms with Gasteiger partial charge < -0.3 is 16.3 Å². The molecular weight excluding hydrogens is 197 g/mol. The molecule has 5 heteroatoms. The summed E-state index contributed by atoms with van der Waals surface area (Å²) in [5, 5.41) is 0. The van der Waals surface area contributed by atoms with Gasteiger partial charge in [0.25, 0.3) is 0 Å². The fourth-order valence-electron chi connectivity index (χ4n) is 0.129. The van der Waals surface area contributed by atoms with E-state index in [1.54, 1.807) is 0 Å². The van der Waals surface area contributed by atoms with Gasteiger partial charge in [0.05, 0.1) is 11.8 Å². The molecule has 0 saturated heterocycles. The third-order valence-corrected chi connectivity index (χ3v) is 0.820. The third kappa shape index (κ3) is 4.54. The molecule has 0 rings (SSSR count). The number of carbonyl (C=O) groups is 2. The number of nitrogens with two attached hydrogens (primary N) is 1. The first-order valence-corrected chi connectivity index (χ1v) is 2.10. The minimum atomic E-state index is -0.963. The molecule has 4 nitrogen and oxygen atoms in total. The molecule has 3 N–H and O–H groups in total. The van der Waals surface area contributed by atoms with Crippen molar-refractivity contribution < 1.29 is 42.3 Å². The van der Waals surface area contributed by atoms with Crippen molar-refractivity contribution in [3.63, 3.8) is 0 Å². The first-order chi connectivity index (χ1) is 3.55. The van der Waals surface area contributed by atoms with E-state index in [1.807, 2.05) is 0 Å². The molecule has 46 valence electrons. The zero-order chi connectivity index (χ0) is 6.73. The van der Waals surface area contributed by atoms with E-state index in [2.05, 4.69) is 5.73 Å². The van der Waals surface area contributed by atoms with Gasteiger partial charge in [0.1, 0.15) is 0 Å². The van der Waals surface area contributed by atoms with Crippen molar-refractivity contribution in [3.8, 4) is 0 Å². The topological polar surface area (TPSA) is 84.0 Å². The Bertz CT molecular complexity index is 112. The van der Waals surface area contributed by atoms with E-state index in [0.717, 1.165) is 0 Å². The van der Waals surface area contributed by atoms with E-state index in [0.29, 0.717) is 0 Å². The van der Waals surface area contributed by atoms with Crippen LogP contribution < -0.4 is 5.73 Å². The minimum Gasteiger partial charge on any atom is -0.667 e. The van der Waals surface area contributed by atoms with Gasteiger partial charge in [-0.3, -0.25) is 4.79 Å². The summed E-state index contributed by atoms with van der Waals surface area (Å²) < 4.78 is 0. The molecule has 9 heavy (non-hydrogen) atoms. The van der Waals surface area contributed by atoms with E-state index in [1.165, 1.54) is 6.92 Å². The molecule has 0 aromatic heterocycles. The summed E-state index contributed by atoms with van der Waals surface area (Å²) >= 11 is 0. The second-order valence-electron chi connectivity index (χ2n) is 1.49. The van der Waals surface area contributed by atoms with Gasteiger partial charge in [0.2, 0.25) is 5.91 Å². The van der Waals surface area contributed by atoms with Gasteiger partial charge in [-0.25, -0.2) is 0 Å². The molecule has 1 atom stereocenters. The van der Waals surface area contributed by atoms with Crippen LogP contribution in [-0.4, -0.2) is 11.8 Å². The van der Waals surface area contributed by atoms with Crippen LogP contribution in [0.25, 0.3) is 5.73 Å². The molecule has 2 amide bonds. The number of amides is 2. The number of hydrogen-bond donors (Lipinski definition) is 1. The third-order valence-electron chi connectivity index (χ3n) is 0.820. The summed E-state index contributed by atoms with van der Waals surface area (Å²) in [5.74, 6) is -2.64. The number of carbonyl (C=O) groups excluding carboxylic acids is 2. The molecule has 0 aliphatic heterocycles. The number of hydrogen-bond acceptors (Lipinski definition) is 2. The van der Waals surface area contributed by atoms with Crippen LogP contribution in [0.15, 0.2) is 0 Å². The van der Waals surface area contributed by atoms with E-state index < -0.39 is 17.7 Å². The summed E-state index contributed by atoms with van der Waals surface area (Å²) in [6.07, 6.45) is 0. The van der Waals surface area contributed by atoms with Gasteiger partial charge in [0.15, 0.2) is 0 Å². The Morgan fingerprint density at radius 1 is 1.56 bits per heavy atom. The zero-order valence-corrected chi connectivity index (χ0v) is 7.89. The first-order valence-electron chi connectivity index (χ1n) is 2.10. The molecule has 0 aromatic carbocycles. The van der Waals surface area contributed by atoms with Crippen molar-refractivity contribution in [2.75, 3.05) is 0 Å². The van der Waals surface area contributed by atoms with Crippen LogP contribution in [-0.2, 0) is 42.3 Å². The molecule has 0 bridgehead atoms. The second-order valence-corrected chi connectivity index (χ2v) is 1.49. The van der Waals surface area contributed by atoms with Crippen molar-refractivity contribution in [2.24, 2.45) is 11.7 Å². The Kier molecular flexibility index (Phi) is 6.39. The number of rotatable bonds is 2. The van der Waals surface area contributed by atoms with Gasteiger partial charge in [-0.2, -0.15) is 0 Å². The Morgan fingerprint density at radius 2 is 1.89 bits per heavy atom. The Hall–Kier alpha value is 0.0439. The molecule has 0 aromatic rings. The van der Waals surface area contributed by atoms with E-state index in [4.69, 9.17) is 5.73 Å². The average molecular weight is 204 g/mol. The summed E-state index contributed by atoms with van der Waals surface area (Å²) in [6, 6.07) is 0. The Morgan fingerprint density at radius 3 is 1.89 bits per heavy atom. The second kappa shape index (κ2) is 4.88. The number of nitrogens with one attached hydrogen (secondary N) is 1. The van der Waals surface area contributed by atoms with Crippen LogP contribution in [0.1, 0.15) is 6.92 Å². The Labute approximate surface area is 78.2 Å². The molecule has 0 saturated carbocycles. The summed E-state index contributed by atoms with van der Waals surface area (Å²) in [6.45, 7) is 1.30. The van der Waals surface area contributed by atoms with Crippen LogP contribution in [0.5, 0.6) is 0 Å².